The molecule has 4 rings (SSSR count). The molecule has 0 spiro atoms. The Morgan fingerprint density at radius 2 is 0.552 bits per heavy atom. The Labute approximate surface area is 174 Å². The van der Waals surface area contributed by atoms with E-state index >= 15 is 0 Å². The summed E-state index contributed by atoms with van der Waals surface area (Å²) in [5.41, 5.74) is 0. The minimum Gasteiger partial charge on any atom is -0.457 e. The minimum atomic E-state index is -0.750. The second-order valence-electron chi connectivity index (χ2n) is 5.52. The topological polar surface area (TPSA) is 52.6 Å². The van der Waals surface area contributed by atoms with Crippen molar-refractivity contribution in [2.45, 2.75) is 0 Å². The van der Waals surface area contributed by atoms with Crippen molar-refractivity contribution in [3.63, 3.8) is 0 Å². The molecule has 0 atom stereocenters. The van der Waals surface area contributed by atoms with Crippen LogP contribution in [0.3, 0.4) is 0 Å². The van der Waals surface area contributed by atoms with Gasteiger partial charge in [-0.05, 0) is 48.5 Å². The zero-order valence-electron chi connectivity index (χ0n) is 15.6. The average Bonchev–Trinajstić information content (AvgIpc) is 2.78. The molecule has 0 radical (unpaired) electrons. The first-order chi connectivity index (χ1) is 14.3. The highest BCUT2D eigenvalue weighted by Gasteiger charge is 1.93. The quantitative estimate of drug-likeness (QED) is 0.401. The van der Waals surface area contributed by atoms with Crippen molar-refractivity contribution in [3.05, 3.63) is 121 Å². The largest absolute Gasteiger partial charge is 0.457 e. The smallest absolute Gasteiger partial charge is 0.335 e. The first-order valence-corrected chi connectivity index (χ1v) is 9.46. The fourth-order valence-electron chi connectivity index (χ4n) is 2.23. The molecule has 4 aromatic rings. The fraction of sp³-hybridized carbons (Fsp3) is 0. The van der Waals surface area contributed by atoms with E-state index in [1.807, 2.05) is 121 Å². The summed E-state index contributed by atoms with van der Waals surface area (Å²) in [4.78, 5) is 0. The van der Waals surface area contributed by atoms with Crippen molar-refractivity contribution in [2.75, 3.05) is 0 Å². The summed E-state index contributed by atoms with van der Waals surface area (Å²) in [6, 6.07) is 39.0. The molecule has 5 heteroatoms. The molecule has 0 aliphatic heterocycles. The van der Waals surface area contributed by atoms with Crippen molar-refractivity contribution in [2.24, 2.45) is 0 Å². The summed E-state index contributed by atoms with van der Waals surface area (Å²) in [5.74, 6) is 3.48. The van der Waals surface area contributed by atoms with Gasteiger partial charge < -0.3 is 9.47 Å². The normalized spacial score (nSPS) is 8.97. The molecule has 0 saturated carbocycles. The SMILES string of the molecule is O=S=O.c1ccc(Oc2ccccc2)cc1.c1ccc(Oc2ccccc2)cc1. The molecular formula is C24H20O4S. The van der Waals surface area contributed by atoms with Crippen molar-refractivity contribution in [1.29, 1.82) is 0 Å². The Kier molecular flexibility index (Phi) is 10.0. The third kappa shape index (κ3) is 9.17. The minimum absolute atomic E-state index is 0.750. The summed E-state index contributed by atoms with van der Waals surface area (Å²) < 4.78 is 27.7. The zero-order valence-corrected chi connectivity index (χ0v) is 16.4. The lowest BCUT2D eigenvalue weighted by atomic mass is 10.3. The first-order valence-electron chi connectivity index (χ1n) is 8.79. The number of para-hydroxylation sites is 4. The van der Waals surface area contributed by atoms with Gasteiger partial charge in [0.15, 0.2) is 0 Å². The van der Waals surface area contributed by atoms with Crippen molar-refractivity contribution < 1.29 is 17.9 Å². The maximum Gasteiger partial charge on any atom is 0.335 e. The maximum atomic E-state index is 8.29. The van der Waals surface area contributed by atoms with Gasteiger partial charge in [-0.3, -0.25) is 0 Å². The molecule has 4 aromatic carbocycles. The summed E-state index contributed by atoms with van der Waals surface area (Å²) >= 11 is -0.750. The Hall–Kier alpha value is -3.70. The molecule has 29 heavy (non-hydrogen) atoms. The van der Waals surface area contributed by atoms with Crippen molar-refractivity contribution in [1.82, 2.24) is 0 Å². The summed E-state index contributed by atoms with van der Waals surface area (Å²) in [6.07, 6.45) is 0. The highest BCUT2D eigenvalue weighted by molar-refractivity contribution is 7.51. The molecule has 0 amide bonds. The van der Waals surface area contributed by atoms with Gasteiger partial charge in [-0.15, -0.1) is 0 Å². The molecule has 0 bridgehead atoms. The van der Waals surface area contributed by atoms with E-state index in [-0.39, 0.29) is 0 Å². The van der Waals surface area contributed by atoms with Gasteiger partial charge in [0.25, 0.3) is 0 Å². The lowest BCUT2D eigenvalue weighted by Crippen LogP contribution is -1.81. The number of hydrogen-bond acceptors (Lipinski definition) is 4. The Balaban J connectivity index is 0.000000183. The average molecular weight is 404 g/mol. The molecule has 0 fully saturated rings. The lowest BCUT2D eigenvalue weighted by molar-refractivity contribution is 0.482. The molecule has 0 N–H and O–H groups in total. The van der Waals surface area contributed by atoms with Gasteiger partial charge in [-0.1, -0.05) is 72.8 Å². The second-order valence-corrected chi connectivity index (χ2v) is 5.66. The third-order valence-corrected chi connectivity index (χ3v) is 3.44. The third-order valence-electron chi connectivity index (χ3n) is 3.44. The van der Waals surface area contributed by atoms with Crippen LogP contribution in [0.25, 0.3) is 0 Å². The number of hydrogen-bond donors (Lipinski definition) is 0. The van der Waals surface area contributed by atoms with E-state index in [2.05, 4.69) is 0 Å². The van der Waals surface area contributed by atoms with E-state index in [1.54, 1.807) is 0 Å². The van der Waals surface area contributed by atoms with Crippen LogP contribution >= 0.6 is 0 Å². The van der Waals surface area contributed by atoms with Crippen LogP contribution in [0.5, 0.6) is 23.0 Å². The molecule has 146 valence electrons. The van der Waals surface area contributed by atoms with Gasteiger partial charge in [0.1, 0.15) is 23.0 Å². The first kappa shape index (κ1) is 21.6. The van der Waals surface area contributed by atoms with Crippen LogP contribution in [0.1, 0.15) is 0 Å². The van der Waals surface area contributed by atoms with Crippen LogP contribution in [0.15, 0.2) is 121 Å². The van der Waals surface area contributed by atoms with Crippen molar-refractivity contribution in [3.8, 4) is 23.0 Å². The van der Waals surface area contributed by atoms with E-state index in [0.717, 1.165) is 23.0 Å². The molecule has 0 aliphatic carbocycles. The van der Waals surface area contributed by atoms with E-state index in [9.17, 15) is 0 Å². The summed E-state index contributed by atoms with van der Waals surface area (Å²) in [6.45, 7) is 0. The predicted octanol–water partition coefficient (Wildman–Crippen LogP) is 6.29. The zero-order chi connectivity index (χ0) is 20.6. The standard InChI is InChI=1S/2C12H10O.O2S/c2*1-3-7-11(8-4-1)13-12-9-5-2-6-10-12;1-3-2/h2*1-10H;. The van der Waals surface area contributed by atoms with Crippen LogP contribution in [0, 0.1) is 0 Å². The van der Waals surface area contributed by atoms with E-state index in [1.165, 1.54) is 0 Å². The highest BCUT2D eigenvalue weighted by Crippen LogP contribution is 2.20. The van der Waals surface area contributed by atoms with E-state index in [4.69, 9.17) is 17.9 Å². The van der Waals surface area contributed by atoms with E-state index < -0.39 is 11.6 Å². The van der Waals surface area contributed by atoms with Gasteiger partial charge in [0.2, 0.25) is 0 Å². The summed E-state index contributed by atoms with van der Waals surface area (Å²) in [5, 5.41) is 0. The van der Waals surface area contributed by atoms with Gasteiger partial charge >= 0.3 is 11.6 Å². The monoisotopic (exact) mass is 404 g/mol. The summed E-state index contributed by atoms with van der Waals surface area (Å²) in [7, 11) is 0. The molecule has 0 heterocycles. The van der Waals surface area contributed by atoms with Crippen LogP contribution in [-0.4, -0.2) is 8.42 Å². The van der Waals surface area contributed by atoms with Gasteiger partial charge in [0.05, 0.1) is 0 Å². The molecule has 0 unspecified atom stereocenters. The molecule has 4 nitrogen and oxygen atoms in total. The second kappa shape index (κ2) is 13.5. The van der Waals surface area contributed by atoms with E-state index in [0.29, 0.717) is 0 Å². The fourth-order valence-corrected chi connectivity index (χ4v) is 2.23. The number of rotatable bonds is 4. The van der Waals surface area contributed by atoms with Gasteiger partial charge in [-0.25, -0.2) is 0 Å². The maximum absolute atomic E-state index is 8.29. The molecule has 0 saturated heterocycles. The van der Waals surface area contributed by atoms with Gasteiger partial charge in [-0.2, -0.15) is 8.42 Å². The lowest BCUT2D eigenvalue weighted by Gasteiger charge is -2.03. The number of ether oxygens (including phenoxy) is 2. The van der Waals surface area contributed by atoms with Crippen LogP contribution in [0.2, 0.25) is 0 Å². The molecule has 0 aliphatic rings. The number of benzene rings is 4. The Bertz CT molecular complexity index is 805. The van der Waals surface area contributed by atoms with Crippen LogP contribution in [-0.2, 0) is 11.6 Å². The predicted molar refractivity (Wildman–Crippen MR) is 115 cm³/mol. The van der Waals surface area contributed by atoms with Gasteiger partial charge in [0, 0.05) is 0 Å². The highest BCUT2D eigenvalue weighted by atomic mass is 32.1. The van der Waals surface area contributed by atoms with Crippen LogP contribution < -0.4 is 9.47 Å². The van der Waals surface area contributed by atoms with Crippen LogP contribution in [0.4, 0.5) is 0 Å². The Morgan fingerprint density at radius 1 is 0.379 bits per heavy atom. The molecular weight excluding hydrogens is 384 g/mol. The van der Waals surface area contributed by atoms with Crippen molar-refractivity contribution >= 4 is 11.6 Å². The molecule has 0 aromatic heterocycles. The Morgan fingerprint density at radius 3 is 0.724 bits per heavy atom.